The summed E-state index contributed by atoms with van der Waals surface area (Å²) in [6, 6.07) is 14.6. The normalized spacial score (nSPS) is 15.4. The Morgan fingerprint density at radius 3 is 2.72 bits per heavy atom. The van der Waals surface area contributed by atoms with Crippen LogP contribution in [0.2, 0.25) is 0 Å². The Bertz CT molecular complexity index is 1100. The molecule has 0 bridgehead atoms. The molecular weight excluding hydrogens is 426 g/mol. The van der Waals surface area contributed by atoms with Crippen molar-refractivity contribution in [2.24, 2.45) is 0 Å². The zero-order valence-electron chi connectivity index (χ0n) is 18.0. The first-order valence-electron chi connectivity index (χ1n) is 10.4. The van der Waals surface area contributed by atoms with Gasteiger partial charge in [-0.3, -0.25) is 14.9 Å². The molecule has 8 heteroatoms. The van der Waals surface area contributed by atoms with Gasteiger partial charge in [0.15, 0.2) is 5.13 Å². The van der Waals surface area contributed by atoms with E-state index in [1.807, 2.05) is 46.7 Å². The topological polar surface area (TPSA) is 80.8 Å². The number of hydrogen-bond acceptors (Lipinski definition) is 6. The fraction of sp³-hybridized carbons (Fsp3) is 0.292. The van der Waals surface area contributed by atoms with Crippen molar-refractivity contribution in [1.29, 1.82) is 0 Å². The number of ether oxygens (including phenoxy) is 2. The largest absolute Gasteiger partial charge is 0.497 e. The van der Waals surface area contributed by atoms with Crippen LogP contribution in [-0.4, -0.2) is 42.5 Å². The Balaban J connectivity index is 1.44. The zero-order valence-corrected chi connectivity index (χ0v) is 18.9. The summed E-state index contributed by atoms with van der Waals surface area (Å²) in [6.07, 6.45) is 1.97. The molecular formula is C24H25N3O4S. The van der Waals surface area contributed by atoms with Crippen molar-refractivity contribution in [3.8, 4) is 11.5 Å². The number of anilines is 1. The van der Waals surface area contributed by atoms with Gasteiger partial charge in [-0.25, -0.2) is 4.98 Å². The van der Waals surface area contributed by atoms with Crippen molar-refractivity contribution in [3.63, 3.8) is 0 Å². The summed E-state index contributed by atoms with van der Waals surface area (Å²) in [5, 5.41) is 5.09. The molecule has 1 aliphatic rings. The molecule has 0 saturated carbocycles. The predicted molar refractivity (Wildman–Crippen MR) is 123 cm³/mol. The van der Waals surface area contributed by atoms with Crippen molar-refractivity contribution in [2.45, 2.75) is 25.3 Å². The minimum absolute atomic E-state index is 0.00334. The predicted octanol–water partition coefficient (Wildman–Crippen LogP) is 4.32. The standard InChI is InChI=1S/C24H25N3O4S/c1-30-18-10-11-21(31-2)19(14-18)20-9-6-12-27(20)22(28)13-17-15-32-24(25-17)26-23(29)16-7-4-3-5-8-16/h3-5,7-8,10-11,14-15,20H,6,9,12-13H2,1-2H3,(H,25,26,29). The number of methoxy groups -OCH3 is 2. The maximum atomic E-state index is 13.1. The first-order valence-corrected chi connectivity index (χ1v) is 11.3. The second kappa shape index (κ2) is 9.82. The highest BCUT2D eigenvalue weighted by Crippen LogP contribution is 2.39. The van der Waals surface area contributed by atoms with Crippen molar-refractivity contribution >= 4 is 28.3 Å². The summed E-state index contributed by atoms with van der Waals surface area (Å²) in [4.78, 5) is 31.8. The van der Waals surface area contributed by atoms with E-state index in [-0.39, 0.29) is 24.3 Å². The lowest BCUT2D eigenvalue weighted by atomic mass is 10.0. The van der Waals surface area contributed by atoms with Crippen LogP contribution in [0.5, 0.6) is 11.5 Å². The van der Waals surface area contributed by atoms with Crippen molar-refractivity contribution in [2.75, 3.05) is 26.1 Å². The van der Waals surface area contributed by atoms with Gasteiger partial charge in [0, 0.05) is 23.1 Å². The summed E-state index contributed by atoms with van der Waals surface area (Å²) in [7, 11) is 3.26. The van der Waals surface area contributed by atoms with E-state index in [4.69, 9.17) is 9.47 Å². The van der Waals surface area contributed by atoms with Gasteiger partial charge in [-0.05, 0) is 43.2 Å². The van der Waals surface area contributed by atoms with Gasteiger partial charge in [-0.15, -0.1) is 11.3 Å². The molecule has 2 amide bonds. The lowest BCUT2D eigenvalue weighted by Gasteiger charge is -2.26. The van der Waals surface area contributed by atoms with Gasteiger partial charge in [0.2, 0.25) is 5.91 Å². The van der Waals surface area contributed by atoms with Crippen LogP contribution in [0, 0.1) is 0 Å². The number of likely N-dealkylation sites (tertiary alicyclic amines) is 1. The molecule has 1 fully saturated rings. The molecule has 32 heavy (non-hydrogen) atoms. The third-order valence-electron chi connectivity index (χ3n) is 5.51. The summed E-state index contributed by atoms with van der Waals surface area (Å²) in [5.41, 5.74) is 2.16. The van der Waals surface area contributed by atoms with Crippen LogP contribution >= 0.6 is 11.3 Å². The second-order valence-corrected chi connectivity index (χ2v) is 8.35. The van der Waals surface area contributed by atoms with E-state index >= 15 is 0 Å². The zero-order chi connectivity index (χ0) is 22.5. The van der Waals surface area contributed by atoms with Gasteiger partial charge in [-0.2, -0.15) is 0 Å². The van der Waals surface area contributed by atoms with E-state index in [0.29, 0.717) is 22.9 Å². The van der Waals surface area contributed by atoms with Gasteiger partial charge in [0.25, 0.3) is 5.91 Å². The average molecular weight is 452 g/mol. The first-order chi connectivity index (χ1) is 15.6. The smallest absolute Gasteiger partial charge is 0.257 e. The average Bonchev–Trinajstić information content (AvgIpc) is 3.49. The summed E-state index contributed by atoms with van der Waals surface area (Å²) in [5.74, 6) is 1.26. The van der Waals surface area contributed by atoms with E-state index in [2.05, 4.69) is 10.3 Å². The molecule has 1 saturated heterocycles. The van der Waals surface area contributed by atoms with Crippen LogP contribution in [-0.2, 0) is 11.2 Å². The lowest BCUT2D eigenvalue weighted by molar-refractivity contribution is -0.131. The first kappa shape index (κ1) is 21.8. The third kappa shape index (κ3) is 4.75. The quantitative estimate of drug-likeness (QED) is 0.579. The number of nitrogens with zero attached hydrogens (tertiary/aromatic N) is 2. The van der Waals surface area contributed by atoms with Crippen LogP contribution in [0.15, 0.2) is 53.9 Å². The molecule has 2 heterocycles. The molecule has 4 rings (SSSR count). The monoisotopic (exact) mass is 451 g/mol. The van der Waals surface area contributed by atoms with E-state index in [9.17, 15) is 9.59 Å². The fourth-order valence-electron chi connectivity index (χ4n) is 3.95. The number of benzene rings is 2. The molecule has 1 aliphatic heterocycles. The molecule has 3 aromatic rings. The number of nitrogens with one attached hydrogen (secondary N) is 1. The molecule has 1 unspecified atom stereocenters. The minimum atomic E-state index is -0.220. The van der Waals surface area contributed by atoms with E-state index in [0.717, 1.165) is 29.9 Å². The van der Waals surface area contributed by atoms with Crippen LogP contribution in [0.25, 0.3) is 0 Å². The number of rotatable bonds is 7. The highest BCUT2D eigenvalue weighted by molar-refractivity contribution is 7.14. The number of carbonyl (C=O) groups excluding carboxylic acids is 2. The number of amides is 2. The van der Waals surface area contributed by atoms with Gasteiger partial charge in [0.1, 0.15) is 11.5 Å². The second-order valence-electron chi connectivity index (χ2n) is 7.49. The molecule has 2 aromatic carbocycles. The number of hydrogen-bond donors (Lipinski definition) is 1. The Morgan fingerprint density at radius 1 is 1.16 bits per heavy atom. The van der Waals surface area contributed by atoms with E-state index < -0.39 is 0 Å². The Hall–Kier alpha value is -3.39. The number of carbonyl (C=O) groups is 2. The minimum Gasteiger partial charge on any atom is -0.497 e. The Labute approximate surface area is 191 Å². The molecule has 1 aromatic heterocycles. The highest BCUT2D eigenvalue weighted by atomic mass is 32.1. The van der Waals surface area contributed by atoms with Crippen LogP contribution < -0.4 is 14.8 Å². The maximum Gasteiger partial charge on any atom is 0.257 e. The van der Waals surface area contributed by atoms with Crippen LogP contribution in [0.4, 0.5) is 5.13 Å². The molecule has 0 radical (unpaired) electrons. The highest BCUT2D eigenvalue weighted by Gasteiger charge is 2.32. The van der Waals surface area contributed by atoms with Crippen LogP contribution in [0.1, 0.15) is 40.5 Å². The fourth-order valence-corrected chi connectivity index (χ4v) is 4.65. The Kier molecular flexibility index (Phi) is 6.70. The molecule has 0 spiro atoms. The number of aromatic nitrogens is 1. The Morgan fingerprint density at radius 2 is 1.97 bits per heavy atom. The van der Waals surface area contributed by atoms with Gasteiger partial charge in [0.05, 0.1) is 32.4 Å². The van der Waals surface area contributed by atoms with Crippen molar-refractivity contribution < 1.29 is 19.1 Å². The summed E-state index contributed by atoms with van der Waals surface area (Å²) >= 11 is 1.31. The molecule has 0 aliphatic carbocycles. The summed E-state index contributed by atoms with van der Waals surface area (Å²) < 4.78 is 10.9. The van der Waals surface area contributed by atoms with Gasteiger partial charge in [-0.1, -0.05) is 18.2 Å². The van der Waals surface area contributed by atoms with E-state index in [1.165, 1.54) is 11.3 Å². The third-order valence-corrected chi connectivity index (χ3v) is 6.32. The molecule has 7 nitrogen and oxygen atoms in total. The van der Waals surface area contributed by atoms with Gasteiger partial charge >= 0.3 is 0 Å². The van der Waals surface area contributed by atoms with Gasteiger partial charge < -0.3 is 14.4 Å². The molecule has 166 valence electrons. The lowest BCUT2D eigenvalue weighted by Crippen LogP contribution is -2.32. The van der Waals surface area contributed by atoms with Crippen LogP contribution in [0.3, 0.4) is 0 Å². The van der Waals surface area contributed by atoms with Crippen molar-refractivity contribution in [1.82, 2.24) is 9.88 Å². The van der Waals surface area contributed by atoms with E-state index in [1.54, 1.807) is 26.4 Å². The molecule has 1 atom stereocenters. The summed E-state index contributed by atoms with van der Waals surface area (Å²) in [6.45, 7) is 0.686. The SMILES string of the molecule is COc1ccc(OC)c(C2CCCN2C(=O)Cc2csc(NC(=O)c3ccccc3)n2)c1. The molecule has 1 N–H and O–H groups in total. The van der Waals surface area contributed by atoms with Crippen molar-refractivity contribution in [3.05, 3.63) is 70.7 Å². The number of thiazole rings is 1. The maximum absolute atomic E-state index is 13.1.